The molecular formula is C19H17ClN2O4S. The lowest BCUT2D eigenvalue weighted by molar-refractivity contribution is 0.0531. The van der Waals surface area contributed by atoms with E-state index < -0.39 is 11.9 Å². The molecule has 0 spiro atoms. The maximum Gasteiger partial charge on any atom is 0.350 e. The molecular weight excluding hydrogens is 388 g/mol. The molecule has 1 aromatic carbocycles. The Labute approximate surface area is 165 Å². The van der Waals surface area contributed by atoms with E-state index in [1.807, 2.05) is 19.1 Å². The molecule has 1 amide bonds. The Hall–Kier alpha value is -2.64. The quantitative estimate of drug-likeness (QED) is 0.598. The molecule has 0 aliphatic carbocycles. The summed E-state index contributed by atoms with van der Waals surface area (Å²) in [5, 5.41) is 3.58. The molecule has 0 fully saturated rings. The van der Waals surface area contributed by atoms with Crippen molar-refractivity contribution in [3.05, 3.63) is 57.2 Å². The fourth-order valence-corrected chi connectivity index (χ4v) is 3.50. The van der Waals surface area contributed by atoms with Gasteiger partial charge in [0.15, 0.2) is 10.9 Å². The van der Waals surface area contributed by atoms with Crippen LogP contribution in [0.25, 0.3) is 11.3 Å². The fraction of sp³-hybridized carbons (Fsp3) is 0.211. The van der Waals surface area contributed by atoms with E-state index in [4.69, 9.17) is 20.8 Å². The lowest BCUT2D eigenvalue weighted by atomic mass is 10.1. The molecule has 1 N–H and O–H groups in total. The van der Waals surface area contributed by atoms with Crippen LogP contribution < -0.4 is 5.32 Å². The van der Waals surface area contributed by atoms with E-state index in [1.54, 1.807) is 32.0 Å². The summed E-state index contributed by atoms with van der Waals surface area (Å²) >= 11 is 7.20. The van der Waals surface area contributed by atoms with Gasteiger partial charge in [0.25, 0.3) is 5.91 Å². The van der Waals surface area contributed by atoms with Crippen LogP contribution in [0.1, 0.15) is 38.4 Å². The summed E-state index contributed by atoms with van der Waals surface area (Å²) in [5.74, 6) is -0.229. The molecule has 0 bridgehead atoms. The molecule has 0 aliphatic rings. The van der Waals surface area contributed by atoms with Crippen molar-refractivity contribution in [1.82, 2.24) is 4.98 Å². The number of nitrogens with one attached hydrogen (secondary N) is 1. The standard InChI is InChI=1S/C19H17ClN2O4S/c1-4-25-18(24)16-11(3)21-19(27-16)22-17(23)15-9-8-14(26-15)12-6-5-7-13(20)10(12)2/h5-9H,4H2,1-3H3,(H,21,22,23). The number of furan rings is 1. The summed E-state index contributed by atoms with van der Waals surface area (Å²) in [7, 11) is 0. The van der Waals surface area contributed by atoms with Crippen LogP contribution in [0, 0.1) is 13.8 Å². The van der Waals surface area contributed by atoms with Crippen molar-refractivity contribution in [3.63, 3.8) is 0 Å². The summed E-state index contributed by atoms with van der Waals surface area (Å²) in [6.45, 7) is 5.57. The summed E-state index contributed by atoms with van der Waals surface area (Å²) in [6, 6.07) is 8.78. The highest BCUT2D eigenvalue weighted by Gasteiger charge is 2.20. The van der Waals surface area contributed by atoms with Gasteiger partial charge in [0, 0.05) is 10.6 Å². The predicted molar refractivity (Wildman–Crippen MR) is 105 cm³/mol. The number of carbonyl (C=O) groups is 2. The molecule has 2 heterocycles. The molecule has 27 heavy (non-hydrogen) atoms. The molecule has 6 nitrogen and oxygen atoms in total. The third-order valence-corrected chi connectivity index (χ3v) is 5.30. The zero-order valence-electron chi connectivity index (χ0n) is 15.0. The highest BCUT2D eigenvalue weighted by Crippen LogP contribution is 2.30. The second kappa shape index (κ2) is 7.94. The highest BCUT2D eigenvalue weighted by atomic mass is 35.5. The molecule has 0 atom stereocenters. The van der Waals surface area contributed by atoms with Gasteiger partial charge in [-0.15, -0.1) is 0 Å². The number of rotatable bonds is 5. The predicted octanol–water partition coefficient (Wildman–Crippen LogP) is 5.10. The van der Waals surface area contributed by atoms with Crippen molar-refractivity contribution < 1.29 is 18.7 Å². The summed E-state index contributed by atoms with van der Waals surface area (Å²) in [4.78, 5) is 28.9. The molecule has 0 unspecified atom stereocenters. The van der Waals surface area contributed by atoms with Gasteiger partial charge >= 0.3 is 5.97 Å². The number of hydrogen-bond donors (Lipinski definition) is 1. The first kappa shape index (κ1) is 19.1. The lowest BCUT2D eigenvalue weighted by Crippen LogP contribution is -2.10. The first-order valence-corrected chi connectivity index (χ1v) is 9.41. The number of hydrogen-bond acceptors (Lipinski definition) is 6. The van der Waals surface area contributed by atoms with E-state index in [-0.39, 0.29) is 12.4 Å². The monoisotopic (exact) mass is 404 g/mol. The first-order valence-electron chi connectivity index (χ1n) is 8.22. The second-order valence-corrected chi connectivity index (χ2v) is 7.09. The number of carbonyl (C=O) groups excluding carboxylic acids is 2. The normalized spacial score (nSPS) is 10.7. The van der Waals surface area contributed by atoms with Crippen LogP contribution in [-0.4, -0.2) is 23.5 Å². The Kier molecular flexibility index (Phi) is 5.62. The van der Waals surface area contributed by atoms with Crippen LogP contribution in [0.5, 0.6) is 0 Å². The zero-order valence-corrected chi connectivity index (χ0v) is 16.5. The van der Waals surface area contributed by atoms with Crippen LogP contribution in [0.2, 0.25) is 5.02 Å². The number of esters is 1. The molecule has 3 aromatic rings. The minimum atomic E-state index is -0.454. The van der Waals surface area contributed by atoms with Crippen molar-refractivity contribution in [2.75, 3.05) is 11.9 Å². The molecule has 0 saturated heterocycles. The Bertz CT molecular complexity index is 1010. The van der Waals surface area contributed by atoms with Gasteiger partial charge in [-0.2, -0.15) is 0 Å². The molecule has 140 valence electrons. The van der Waals surface area contributed by atoms with Crippen LogP contribution in [-0.2, 0) is 4.74 Å². The number of amides is 1. The highest BCUT2D eigenvalue weighted by molar-refractivity contribution is 7.17. The van der Waals surface area contributed by atoms with Gasteiger partial charge in [-0.05, 0) is 44.5 Å². The van der Waals surface area contributed by atoms with E-state index >= 15 is 0 Å². The SMILES string of the molecule is CCOC(=O)c1sc(NC(=O)c2ccc(-c3cccc(Cl)c3C)o2)nc1C. The smallest absolute Gasteiger partial charge is 0.350 e. The number of benzene rings is 1. The van der Waals surface area contributed by atoms with E-state index in [0.717, 1.165) is 22.5 Å². The Morgan fingerprint density at radius 2 is 2.04 bits per heavy atom. The number of halogens is 1. The first-order chi connectivity index (χ1) is 12.9. The topological polar surface area (TPSA) is 81.4 Å². The van der Waals surface area contributed by atoms with Gasteiger partial charge < -0.3 is 9.15 Å². The third kappa shape index (κ3) is 4.04. The molecule has 3 rings (SSSR count). The van der Waals surface area contributed by atoms with Gasteiger partial charge in [-0.3, -0.25) is 10.1 Å². The minimum absolute atomic E-state index is 0.134. The van der Waals surface area contributed by atoms with Crippen molar-refractivity contribution in [3.8, 4) is 11.3 Å². The Morgan fingerprint density at radius 3 is 2.78 bits per heavy atom. The average molecular weight is 405 g/mol. The van der Waals surface area contributed by atoms with Crippen LogP contribution in [0.4, 0.5) is 5.13 Å². The molecule has 0 radical (unpaired) electrons. The van der Waals surface area contributed by atoms with Crippen LogP contribution in [0.15, 0.2) is 34.7 Å². The Morgan fingerprint density at radius 1 is 1.26 bits per heavy atom. The fourth-order valence-electron chi connectivity index (χ4n) is 2.47. The zero-order chi connectivity index (χ0) is 19.6. The molecule has 0 aliphatic heterocycles. The van der Waals surface area contributed by atoms with E-state index in [9.17, 15) is 9.59 Å². The van der Waals surface area contributed by atoms with Gasteiger partial charge in [0.2, 0.25) is 0 Å². The van der Waals surface area contributed by atoms with E-state index in [2.05, 4.69) is 10.3 Å². The number of aryl methyl sites for hydroxylation is 1. The Balaban J connectivity index is 1.78. The molecule has 8 heteroatoms. The van der Waals surface area contributed by atoms with Crippen molar-refractivity contribution in [1.29, 1.82) is 0 Å². The molecule has 2 aromatic heterocycles. The summed E-state index contributed by atoms with van der Waals surface area (Å²) < 4.78 is 10.7. The van der Waals surface area contributed by atoms with E-state index in [1.165, 1.54) is 0 Å². The van der Waals surface area contributed by atoms with Gasteiger partial charge in [-0.1, -0.05) is 35.1 Å². The number of nitrogens with zero attached hydrogens (tertiary/aromatic N) is 1. The average Bonchev–Trinajstić information content (AvgIpc) is 3.24. The van der Waals surface area contributed by atoms with Crippen LogP contribution >= 0.6 is 22.9 Å². The number of anilines is 1. The third-order valence-electron chi connectivity index (χ3n) is 3.84. The summed E-state index contributed by atoms with van der Waals surface area (Å²) in [6.07, 6.45) is 0. The van der Waals surface area contributed by atoms with Crippen molar-refractivity contribution in [2.24, 2.45) is 0 Å². The minimum Gasteiger partial charge on any atom is -0.462 e. The van der Waals surface area contributed by atoms with Crippen LogP contribution in [0.3, 0.4) is 0 Å². The van der Waals surface area contributed by atoms with Crippen molar-refractivity contribution >= 4 is 39.9 Å². The molecule has 0 saturated carbocycles. The van der Waals surface area contributed by atoms with Crippen molar-refractivity contribution in [2.45, 2.75) is 20.8 Å². The maximum absolute atomic E-state index is 12.4. The lowest BCUT2D eigenvalue weighted by Gasteiger charge is -2.04. The van der Waals surface area contributed by atoms with Gasteiger partial charge in [0.05, 0.1) is 12.3 Å². The number of ether oxygens (including phenoxy) is 1. The second-order valence-electron chi connectivity index (χ2n) is 5.68. The largest absolute Gasteiger partial charge is 0.462 e. The summed E-state index contributed by atoms with van der Waals surface area (Å²) in [5.41, 5.74) is 2.19. The van der Waals surface area contributed by atoms with Gasteiger partial charge in [-0.25, -0.2) is 9.78 Å². The maximum atomic E-state index is 12.4. The van der Waals surface area contributed by atoms with Gasteiger partial charge in [0.1, 0.15) is 10.6 Å². The van der Waals surface area contributed by atoms with E-state index in [0.29, 0.717) is 26.5 Å². The number of aromatic nitrogens is 1. The number of thiazole rings is 1.